The summed E-state index contributed by atoms with van der Waals surface area (Å²) in [5, 5.41) is 14.1. The van der Waals surface area contributed by atoms with Crippen molar-refractivity contribution in [3.8, 4) is 28.5 Å². The topological polar surface area (TPSA) is 102 Å². The van der Waals surface area contributed by atoms with Crippen LogP contribution in [-0.4, -0.2) is 81.6 Å². The van der Waals surface area contributed by atoms with Crippen LogP contribution in [0.5, 0.6) is 17.2 Å². The molecule has 1 atom stereocenters. The third-order valence-electron chi connectivity index (χ3n) is 7.78. The monoisotopic (exact) mass is 619 g/mol. The zero-order chi connectivity index (χ0) is 31.4. The van der Waals surface area contributed by atoms with Gasteiger partial charge >= 0.3 is 12.5 Å². The number of benzene rings is 2. The highest BCUT2D eigenvalue weighted by atomic mass is 19.4. The maximum Gasteiger partial charge on any atom is 0.586 e. The number of ether oxygens (including phenoxy) is 3. The molecule has 0 unspecified atom stereocenters. The summed E-state index contributed by atoms with van der Waals surface area (Å²) in [6.45, 7) is 1.61. The molecule has 2 aromatic heterocycles. The molecule has 0 aliphatic carbocycles. The number of para-hydroxylation sites is 1. The molecule has 0 saturated carbocycles. The van der Waals surface area contributed by atoms with Crippen molar-refractivity contribution in [3.05, 3.63) is 71.0 Å². The molecule has 2 aliphatic rings. The number of amides is 1. The van der Waals surface area contributed by atoms with Crippen LogP contribution in [0.1, 0.15) is 33.2 Å². The third kappa shape index (κ3) is 5.15. The third-order valence-corrected chi connectivity index (χ3v) is 7.78. The van der Waals surface area contributed by atoms with Gasteiger partial charge in [-0.2, -0.15) is 18.3 Å². The minimum absolute atomic E-state index is 0.0461. The number of methoxy groups -OCH3 is 1. The Morgan fingerprint density at radius 3 is 2.43 bits per heavy atom. The normalized spacial score (nSPS) is 17.2. The SMILES string of the molecule is COc1ccc(-c2nc3c(C(=O)N4CCN([C@H](CO)c5cccc6c5OC(F)(F)O6)CC4)cnn3c(C(F)(F)F)c2C)cc1. The Bertz CT molecular complexity index is 1720. The predicted molar refractivity (Wildman–Crippen MR) is 145 cm³/mol. The van der Waals surface area contributed by atoms with Crippen molar-refractivity contribution < 1.29 is 46.1 Å². The van der Waals surface area contributed by atoms with E-state index >= 15 is 0 Å². The zero-order valence-electron chi connectivity index (χ0n) is 23.4. The van der Waals surface area contributed by atoms with Crippen LogP contribution < -0.4 is 14.2 Å². The molecule has 4 aromatic rings. The Kier molecular flexibility index (Phi) is 7.32. The number of carbonyl (C=O) groups excluding carboxylic acids is 1. The standard InChI is InChI=1S/C29H26F5N5O5/c1-16-23(17-6-8-18(42-2)9-7-17)36-26-20(14-35-39(26)25(16)28(30,31)32)27(41)38-12-10-37(11-13-38)21(15-40)19-4-3-5-22-24(19)44-29(33,34)43-22/h3-9,14,21,40H,10-13,15H2,1-2H3/t21-/m1/s1. The number of aliphatic hydroxyl groups is 1. The number of alkyl halides is 5. The van der Waals surface area contributed by atoms with Crippen molar-refractivity contribution in [1.29, 1.82) is 0 Å². The molecule has 0 spiro atoms. The van der Waals surface area contributed by atoms with Crippen molar-refractivity contribution in [2.45, 2.75) is 25.4 Å². The number of piperazine rings is 1. The molecule has 15 heteroatoms. The highest BCUT2D eigenvalue weighted by Crippen LogP contribution is 2.46. The maximum absolute atomic E-state index is 14.3. The van der Waals surface area contributed by atoms with Gasteiger partial charge in [-0.15, -0.1) is 8.78 Å². The number of rotatable bonds is 6. The van der Waals surface area contributed by atoms with Crippen LogP contribution in [0.25, 0.3) is 16.9 Å². The van der Waals surface area contributed by atoms with Gasteiger partial charge in [0.2, 0.25) is 0 Å². The number of hydrogen-bond acceptors (Lipinski definition) is 8. The summed E-state index contributed by atoms with van der Waals surface area (Å²) >= 11 is 0. The first kappa shape index (κ1) is 29.6. The van der Waals surface area contributed by atoms with E-state index in [1.807, 2.05) is 0 Å². The van der Waals surface area contributed by atoms with Gasteiger partial charge in [-0.05, 0) is 37.3 Å². The second-order valence-electron chi connectivity index (χ2n) is 10.3. The maximum atomic E-state index is 14.3. The van der Waals surface area contributed by atoms with Crippen molar-refractivity contribution in [1.82, 2.24) is 24.4 Å². The average Bonchev–Trinajstić information content (AvgIpc) is 3.55. The van der Waals surface area contributed by atoms with E-state index in [1.54, 1.807) is 35.2 Å². The van der Waals surface area contributed by atoms with E-state index in [4.69, 9.17) is 4.74 Å². The second kappa shape index (κ2) is 10.9. The number of hydrogen-bond donors (Lipinski definition) is 1. The molecule has 10 nitrogen and oxygen atoms in total. The van der Waals surface area contributed by atoms with Crippen LogP contribution in [0.3, 0.4) is 0 Å². The highest BCUT2D eigenvalue weighted by Gasteiger charge is 2.46. The zero-order valence-corrected chi connectivity index (χ0v) is 23.4. The molecule has 1 fully saturated rings. The Balaban J connectivity index is 1.28. The minimum Gasteiger partial charge on any atom is -0.497 e. The Morgan fingerprint density at radius 2 is 1.80 bits per heavy atom. The van der Waals surface area contributed by atoms with Crippen LogP contribution in [0.2, 0.25) is 0 Å². The number of aromatic nitrogens is 3. The summed E-state index contributed by atoms with van der Waals surface area (Å²) < 4.78 is 85.3. The van der Waals surface area contributed by atoms with Crippen LogP contribution in [0.4, 0.5) is 22.0 Å². The molecular formula is C29H26F5N5O5. The van der Waals surface area contributed by atoms with Gasteiger partial charge in [0, 0.05) is 42.9 Å². The summed E-state index contributed by atoms with van der Waals surface area (Å²) in [5.41, 5.74) is -0.798. The summed E-state index contributed by atoms with van der Waals surface area (Å²) in [6.07, 6.45) is -7.55. The van der Waals surface area contributed by atoms with Crippen LogP contribution in [0, 0.1) is 6.92 Å². The first-order chi connectivity index (χ1) is 20.9. The smallest absolute Gasteiger partial charge is 0.497 e. The highest BCUT2D eigenvalue weighted by molar-refractivity contribution is 6.00. The molecule has 44 heavy (non-hydrogen) atoms. The molecule has 0 bridgehead atoms. The van der Waals surface area contributed by atoms with Crippen molar-refractivity contribution >= 4 is 11.6 Å². The average molecular weight is 620 g/mol. The molecule has 2 aliphatic heterocycles. The molecule has 0 radical (unpaired) electrons. The fourth-order valence-electron chi connectivity index (χ4n) is 5.66. The van der Waals surface area contributed by atoms with Crippen LogP contribution in [-0.2, 0) is 6.18 Å². The van der Waals surface area contributed by atoms with E-state index in [1.165, 1.54) is 31.1 Å². The number of nitrogens with zero attached hydrogens (tertiary/aromatic N) is 5. The van der Waals surface area contributed by atoms with E-state index in [0.717, 1.165) is 6.20 Å². The molecular weight excluding hydrogens is 593 g/mol. The van der Waals surface area contributed by atoms with Gasteiger partial charge in [0.05, 0.1) is 31.6 Å². The molecule has 1 saturated heterocycles. The fraction of sp³-hybridized carbons (Fsp3) is 0.345. The van der Waals surface area contributed by atoms with E-state index in [9.17, 15) is 31.9 Å². The van der Waals surface area contributed by atoms with Crippen molar-refractivity contribution in [3.63, 3.8) is 0 Å². The molecule has 1 N–H and O–H groups in total. The van der Waals surface area contributed by atoms with E-state index in [2.05, 4.69) is 19.6 Å². The van der Waals surface area contributed by atoms with Gasteiger partial charge in [-0.3, -0.25) is 9.69 Å². The number of fused-ring (bicyclic) bond motifs is 2. The lowest BCUT2D eigenvalue weighted by atomic mass is 10.0. The van der Waals surface area contributed by atoms with Gasteiger partial charge in [0.15, 0.2) is 22.8 Å². The van der Waals surface area contributed by atoms with E-state index in [0.29, 0.717) is 21.4 Å². The predicted octanol–water partition coefficient (Wildman–Crippen LogP) is 4.55. The quantitative estimate of drug-likeness (QED) is 0.314. The van der Waals surface area contributed by atoms with E-state index < -0.39 is 36.7 Å². The van der Waals surface area contributed by atoms with Crippen molar-refractivity contribution in [2.75, 3.05) is 39.9 Å². The first-order valence-electron chi connectivity index (χ1n) is 13.5. The largest absolute Gasteiger partial charge is 0.586 e. The second-order valence-corrected chi connectivity index (χ2v) is 10.3. The molecule has 2 aromatic carbocycles. The minimum atomic E-state index is -4.79. The lowest BCUT2D eigenvalue weighted by molar-refractivity contribution is -0.287. The van der Waals surface area contributed by atoms with Crippen molar-refractivity contribution in [2.24, 2.45) is 0 Å². The number of carbonyl (C=O) groups is 1. The fourth-order valence-corrected chi connectivity index (χ4v) is 5.66. The summed E-state index contributed by atoms with van der Waals surface area (Å²) in [4.78, 5) is 21.4. The van der Waals surface area contributed by atoms with Gasteiger partial charge in [-0.1, -0.05) is 12.1 Å². The lowest BCUT2D eigenvalue weighted by Gasteiger charge is -2.38. The van der Waals surface area contributed by atoms with Gasteiger partial charge in [0.1, 0.15) is 11.3 Å². The Labute approximate surface area is 247 Å². The molecule has 4 heterocycles. The first-order valence-corrected chi connectivity index (χ1v) is 13.5. The van der Waals surface area contributed by atoms with Crippen LogP contribution in [0.15, 0.2) is 48.7 Å². The summed E-state index contributed by atoms with van der Waals surface area (Å²) in [7, 11) is 1.47. The van der Waals surface area contributed by atoms with Gasteiger partial charge in [-0.25, -0.2) is 9.50 Å². The van der Waals surface area contributed by atoms with E-state index in [-0.39, 0.29) is 60.1 Å². The number of aliphatic hydroxyl groups excluding tert-OH is 1. The van der Waals surface area contributed by atoms with Gasteiger partial charge in [0.25, 0.3) is 5.91 Å². The summed E-state index contributed by atoms with van der Waals surface area (Å²) in [6, 6.07) is 10.0. The molecule has 6 rings (SSSR count). The number of halogens is 5. The van der Waals surface area contributed by atoms with Gasteiger partial charge < -0.3 is 24.2 Å². The Morgan fingerprint density at radius 1 is 1.09 bits per heavy atom. The van der Waals surface area contributed by atoms with Crippen LogP contribution >= 0.6 is 0 Å². The molecule has 232 valence electrons. The molecule has 1 amide bonds. The summed E-state index contributed by atoms with van der Waals surface area (Å²) in [5.74, 6) is -0.372. The Hall–Kier alpha value is -4.50. The lowest BCUT2D eigenvalue weighted by Crippen LogP contribution is -2.50.